The van der Waals surface area contributed by atoms with E-state index in [1.165, 1.54) is 77.3 Å². The van der Waals surface area contributed by atoms with Crippen molar-refractivity contribution in [1.29, 1.82) is 0 Å². The van der Waals surface area contributed by atoms with Crippen LogP contribution in [0.5, 0.6) is 0 Å². The van der Waals surface area contributed by atoms with Gasteiger partial charge < -0.3 is 10.0 Å². The predicted molar refractivity (Wildman–Crippen MR) is 107 cm³/mol. The molecule has 1 heterocycles. The minimum atomic E-state index is -0.0315. The summed E-state index contributed by atoms with van der Waals surface area (Å²) in [7, 11) is 0. The van der Waals surface area contributed by atoms with E-state index in [1.54, 1.807) is 5.70 Å². The van der Waals surface area contributed by atoms with Gasteiger partial charge in [-0.3, -0.25) is 0 Å². The van der Waals surface area contributed by atoms with Crippen LogP contribution in [0, 0.1) is 34.5 Å². The van der Waals surface area contributed by atoms with Gasteiger partial charge in [0.2, 0.25) is 0 Å². The SMILES string of the molecule is C[C@]12CC=C(N3CCCCC3)CC1CC[C@@H]1[C@@H]2CC[C@]2(C)C(O)CC[C@@H]12. The molecule has 2 unspecified atom stereocenters. The van der Waals surface area contributed by atoms with Crippen LogP contribution in [0.15, 0.2) is 11.8 Å². The normalized spacial score (nSPS) is 51.3. The van der Waals surface area contributed by atoms with E-state index < -0.39 is 0 Å². The Hall–Kier alpha value is -0.500. The Bertz CT molecular complexity index is 579. The van der Waals surface area contributed by atoms with E-state index >= 15 is 0 Å². The van der Waals surface area contributed by atoms with Crippen molar-refractivity contribution in [2.75, 3.05) is 13.1 Å². The maximum atomic E-state index is 10.6. The highest BCUT2D eigenvalue weighted by Gasteiger charge is 2.59. The Balaban J connectivity index is 1.38. The third kappa shape index (κ3) is 2.46. The molecule has 0 amide bonds. The molecule has 7 atom stereocenters. The van der Waals surface area contributed by atoms with Gasteiger partial charge in [-0.05, 0) is 105 Å². The van der Waals surface area contributed by atoms with Crippen molar-refractivity contribution in [2.24, 2.45) is 34.5 Å². The number of likely N-dealkylation sites (tertiary alicyclic amines) is 1. The molecule has 1 N–H and O–H groups in total. The zero-order chi connectivity index (χ0) is 17.9. The summed E-state index contributed by atoms with van der Waals surface area (Å²) in [6.45, 7) is 7.67. The zero-order valence-corrected chi connectivity index (χ0v) is 17.1. The van der Waals surface area contributed by atoms with Gasteiger partial charge in [0.25, 0.3) is 0 Å². The van der Waals surface area contributed by atoms with E-state index in [-0.39, 0.29) is 11.5 Å². The van der Waals surface area contributed by atoms with Crippen molar-refractivity contribution in [3.63, 3.8) is 0 Å². The Kier molecular flexibility index (Phi) is 4.23. The first-order valence-corrected chi connectivity index (χ1v) is 11.6. The van der Waals surface area contributed by atoms with E-state index in [0.717, 1.165) is 30.1 Å². The van der Waals surface area contributed by atoms with Gasteiger partial charge in [0.05, 0.1) is 6.10 Å². The lowest BCUT2D eigenvalue weighted by Crippen LogP contribution is -2.53. The van der Waals surface area contributed by atoms with E-state index in [4.69, 9.17) is 0 Å². The van der Waals surface area contributed by atoms with Gasteiger partial charge in [-0.15, -0.1) is 0 Å². The third-order valence-corrected chi connectivity index (χ3v) is 10.0. The van der Waals surface area contributed by atoms with Gasteiger partial charge in [-0.1, -0.05) is 19.9 Å². The first-order valence-electron chi connectivity index (χ1n) is 11.6. The summed E-state index contributed by atoms with van der Waals surface area (Å²) in [4.78, 5) is 2.72. The summed E-state index contributed by atoms with van der Waals surface area (Å²) in [5.74, 6) is 3.49. The topological polar surface area (TPSA) is 23.5 Å². The zero-order valence-electron chi connectivity index (χ0n) is 17.1. The lowest BCUT2D eigenvalue weighted by Gasteiger charge is -2.60. The average Bonchev–Trinajstić information content (AvgIpc) is 2.97. The van der Waals surface area contributed by atoms with Crippen molar-refractivity contribution in [2.45, 2.75) is 90.6 Å². The van der Waals surface area contributed by atoms with E-state index in [9.17, 15) is 5.11 Å². The molecule has 0 radical (unpaired) electrons. The number of hydrogen-bond donors (Lipinski definition) is 1. The summed E-state index contributed by atoms with van der Waals surface area (Å²) >= 11 is 0. The van der Waals surface area contributed by atoms with Crippen molar-refractivity contribution in [3.8, 4) is 0 Å². The first-order chi connectivity index (χ1) is 12.5. The second kappa shape index (κ2) is 6.26. The van der Waals surface area contributed by atoms with Crippen LogP contribution in [-0.2, 0) is 0 Å². The van der Waals surface area contributed by atoms with E-state index in [0.29, 0.717) is 5.41 Å². The molecule has 1 aliphatic heterocycles. The van der Waals surface area contributed by atoms with Crippen molar-refractivity contribution < 1.29 is 5.11 Å². The van der Waals surface area contributed by atoms with Crippen LogP contribution in [-0.4, -0.2) is 29.2 Å². The molecule has 0 aromatic rings. The van der Waals surface area contributed by atoms with Crippen LogP contribution in [0.1, 0.15) is 84.5 Å². The van der Waals surface area contributed by atoms with Crippen LogP contribution in [0.3, 0.4) is 0 Å². The number of allylic oxidation sites excluding steroid dienone is 2. The fraction of sp³-hybridized carbons (Fsp3) is 0.917. The lowest BCUT2D eigenvalue weighted by atomic mass is 9.46. The number of nitrogens with zero attached hydrogens (tertiary/aromatic N) is 1. The van der Waals surface area contributed by atoms with Crippen LogP contribution in [0.4, 0.5) is 0 Å². The molecule has 0 spiro atoms. The summed E-state index contributed by atoms with van der Waals surface area (Å²) in [5, 5.41) is 10.6. The Morgan fingerprint density at radius 3 is 2.50 bits per heavy atom. The Labute approximate surface area is 160 Å². The minimum absolute atomic E-state index is 0.0315. The molecule has 5 rings (SSSR count). The van der Waals surface area contributed by atoms with Crippen LogP contribution in [0.25, 0.3) is 0 Å². The monoisotopic (exact) mass is 357 g/mol. The smallest absolute Gasteiger partial charge is 0.0596 e. The van der Waals surface area contributed by atoms with Crippen molar-refractivity contribution in [1.82, 2.24) is 4.90 Å². The molecule has 26 heavy (non-hydrogen) atoms. The van der Waals surface area contributed by atoms with Crippen molar-refractivity contribution >= 4 is 0 Å². The molecular weight excluding hydrogens is 318 g/mol. The van der Waals surface area contributed by atoms with Crippen molar-refractivity contribution in [3.05, 3.63) is 11.8 Å². The molecule has 2 heteroatoms. The van der Waals surface area contributed by atoms with Gasteiger partial charge in [0, 0.05) is 18.8 Å². The highest BCUT2D eigenvalue weighted by Crippen LogP contribution is 2.66. The van der Waals surface area contributed by atoms with Gasteiger partial charge in [-0.25, -0.2) is 0 Å². The molecule has 0 aromatic heterocycles. The molecule has 4 aliphatic carbocycles. The largest absolute Gasteiger partial charge is 0.393 e. The molecule has 2 nitrogen and oxygen atoms in total. The Morgan fingerprint density at radius 2 is 1.69 bits per heavy atom. The maximum absolute atomic E-state index is 10.6. The molecule has 0 bridgehead atoms. The van der Waals surface area contributed by atoms with Gasteiger partial charge in [-0.2, -0.15) is 0 Å². The third-order valence-electron chi connectivity index (χ3n) is 10.0. The summed E-state index contributed by atoms with van der Waals surface area (Å²) in [6, 6.07) is 0. The standard InChI is InChI=1S/C24H39NO/c1-23-12-10-18(25-14-4-3-5-15-25)16-17(23)6-7-19-20-8-9-22(26)24(20,2)13-11-21(19)23/h10,17,19-22,26H,3-9,11-16H2,1-2H3/t17?,19-,20-,21-,22?,23-,24-/m0/s1. The van der Waals surface area contributed by atoms with Gasteiger partial charge in [0.15, 0.2) is 0 Å². The Morgan fingerprint density at radius 1 is 0.923 bits per heavy atom. The number of aliphatic hydroxyl groups is 1. The van der Waals surface area contributed by atoms with E-state index in [2.05, 4.69) is 24.8 Å². The lowest BCUT2D eigenvalue weighted by molar-refractivity contribution is -0.111. The number of piperidine rings is 1. The molecule has 5 aliphatic rings. The molecule has 4 fully saturated rings. The van der Waals surface area contributed by atoms with Crippen LogP contribution < -0.4 is 0 Å². The molecule has 3 saturated carbocycles. The second-order valence-corrected chi connectivity index (χ2v) is 10.9. The highest BCUT2D eigenvalue weighted by molar-refractivity contribution is 5.17. The first kappa shape index (κ1) is 17.6. The number of aliphatic hydroxyl groups excluding tert-OH is 1. The molecular formula is C24H39NO. The fourth-order valence-corrected chi connectivity index (χ4v) is 8.27. The van der Waals surface area contributed by atoms with Crippen LogP contribution >= 0.6 is 0 Å². The highest BCUT2D eigenvalue weighted by atomic mass is 16.3. The second-order valence-electron chi connectivity index (χ2n) is 10.9. The number of rotatable bonds is 1. The predicted octanol–water partition coefficient (Wildman–Crippen LogP) is 5.37. The molecule has 0 aromatic carbocycles. The molecule has 1 saturated heterocycles. The summed E-state index contributed by atoms with van der Waals surface area (Å²) < 4.78 is 0. The average molecular weight is 358 g/mol. The quantitative estimate of drug-likeness (QED) is 0.682. The summed E-state index contributed by atoms with van der Waals surface area (Å²) in [6.07, 6.45) is 17.4. The van der Waals surface area contributed by atoms with E-state index in [1.807, 2.05) is 0 Å². The van der Waals surface area contributed by atoms with Crippen LogP contribution in [0.2, 0.25) is 0 Å². The minimum Gasteiger partial charge on any atom is -0.393 e. The number of hydrogen-bond acceptors (Lipinski definition) is 2. The molecule has 146 valence electrons. The number of fused-ring (bicyclic) bond motifs is 5. The van der Waals surface area contributed by atoms with Gasteiger partial charge in [0.1, 0.15) is 0 Å². The summed E-state index contributed by atoms with van der Waals surface area (Å²) in [5.41, 5.74) is 2.45. The van der Waals surface area contributed by atoms with Gasteiger partial charge >= 0.3 is 0 Å². The fourth-order valence-electron chi connectivity index (χ4n) is 8.27. The maximum Gasteiger partial charge on any atom is 0.0596 e.